The predicted octanol–water partition coefficient (Wildman–Crippen LogP) is 2.06. The van der Waals surface area contributed by atoms with E-state index >= 15 is 0 Å². The maximum atomic E-state index is 12.2. The van der Waals surface area contributed by atoms with Crippen LogP contribution >= 0.6 is 0 Å². The van der Waals surface area contributed by atoms with Gasteiger partial charge in [0.1, 0.15) is 12.2 Å². The zero-order valence-electron chi connectivity index (χ0n) is 15.4. The van der Waals surface area contributed by atoms with Gasteiger partial charge in [-0.15, -0.1) is 0 Å². The normalized spacial score (nSPS) is 29.3. The maximum Gasteiger partial charge on any atom is 0.334 e. The average molecular weight is 364 g/mol. The highest BCUT2D eigenvalue weighted by molar-refractivity contribution is 5.91. The Morgan fingerprint density at radius 1 is 1.42 bits per heavy atom. The first-order valence-corrected chi connectivity index (χ1v) is 9.00. The van der Waals surface area contributed by atoms with Crippen molar-refractivity contribution in [2.75, 3.05) is 13.2 Å². The van der Waals surface area contributed by atoms with E-state index in [1.54, 1.807) is 13.8 Å². The third-order valence-electron chi connectivity index (χ3n) is 4.90. The number of allylic oxidation sites excluding steroid dienone is 2. The fourth-order valence-electron chi connectivity index (χ4n) is 3.57. The minimum absolute atomic E-state index is 0.0161. The Morgan fingerprint density at radius 2 is 2.15 bits per heavy atom. The minimum atomic E-state index is -0.655. The molecule has 1 saturated heterocycles. The molecule has 2 aliphatic rings. The van der Waals surface area contributed by atoms with Crippen LogP contribution in [-0.2, 0) is 19.1 Å². The summed E-state index contributed by atoms with van der Waals surface area (Å²) in [5, 5.41) is 19.3. The molecule has 0 spiro atoms. The molecule has 144 valence electrons. The van der Waals surface area contributed by atoms with Gasteiger partial charge in [-0.1, -0.05) is 18.2 Å². The van der Waals surface area contributed by atoms with Crippen molar-refractivity contribution in [3.05, 3.63) is 35.5 Å². The van der Waals surface area contributed by atoms with Gasteiger partial charge >= 0.3 is 11.9 Å². The summed E-state index contributed by atoms with van der Waals surface area (Å²) < 4.78 is 11.1. The number of carbonyl (C=O) groups excluding carboxylic acids is 2. The van der Waals surface area contributed by atoms with Gasteiger partial charge in [0.05, 0.1) is 12.5 Å². The van der Waals surface area contributed by atoms with Gasteiger partial charge in [0.2, 0.25) is 0 Å². The van der Waals surface area contributed by atoms with Crippen LogP contribution in [0.4, 0.5) is 0 Å². The summed E-state index contributed by atoms with van der Waals surface area (Å²) >= 11 is 0. The largest absolute Gasteiger partial charge is 0.458 e. The number of ether oxygens (including phenoxy) is 2. The van der Waals surface area contributed by atoms with Crippen LogP contribution in [0.2, 0.25) is 0 Å². The van der Waals surface area contributed by atoms with Gasteiger partial charge in [0.15, 0.2) is 0 Å². The molecule has 6 heteroatoms. The molecule has 0 aromatic carbocycles. The van der Waals surface area contributed by atoms with Gasteiger partial charge in [-0.2, -0.15) is 0 Å². The Bertz CT molecular complexity index is 614. The standard InChI is InChI=1S/C20H28O6/c1-12(2)7-18(23)25-16-8-14(10-21)5-4-6-15(11-22)9-17-19(16)13(3)20(24)26-17/h5,7,15-17,19,21-22H,3-4,6,8-11H2,1-2H3/t15-,16-,17-,19-/m1/s1. The zero-order valence-corrected chi connectivity index (χ0v) is 15.4. The van der Waals surface area contributed by atoms with E-state index in [-0.39, 0.29) is 24.7 Å². The number of rotatable bonds is 4. The molecule has 0 radical (unpaired) electrons. The molecule has 26 heavy (non-hydrogen) atoms. The number of aliphatic hydroxyl groups is 2. The van der Waals surface area contributed by atoms with Crippen LogP contribution < -0.4 is 0 Å². The summed E-state index contributed by atoms with van der Waals surface area (Å²) in [5.41, 5.74) is 1.83. The number of esters is 2. The zero-order chi connectivity index (χ0) is 19.3. The lowest BCUT2D eigenvalue weighted by atomic mass is 9.81. The molecule has 0 bridgehead atoms. The molecule has 2 N–H and O–H groups in total. The van der Waals surface area contributed by atoms with Gasteiger partial charge in [-0.25, -0.2) is 9.59 Å². The van der Waals surface area contributed by atoms with E-state index in [1.165, 1.54) is 6.08 Å². The predicted molar refractivity (Wildman–Crippen MR) is 96.0 cm³/mol. The number of hydrogen-bond acceptors (Lipinski definition) is 6. The maximum absolute atomic E-state index is 12.2. The second kappa shape index (κ2) is 9.14. The molecule has 0 aromatic rings. The molecule has 2 rings (SSSR count). The first-order valence-electron chi connectivity index (χ1n) is 9.00. The highest BCUT2D eigenvalue weighted by atomic mass is 16.6. The Balaban J connectivity index is 2.36. The van der Waals surface area contributed by atoms with Crippen molar-refractivity contribution in [3.63, 3.8) is 0 Å². The second-order valence-corrected chi connectivity index (χ2v) is 7.28. The molecular formula is C20H28O6. The number of aliphatic hydroxyl groups excluding tert-OH is 2. The van der Waals surface area contributed by atoms with Crippen LogP contribution in [-0.4, -0.2) is 47.6 Å². The smallest absolute Gasteiger partial charge is 0.334 e. The molecule has 1 aliphatic heterocycles. The highest BCUT2D eigenvalue weighted by Crippen LogP contribution is 2.38. The van der Waals surface area contributed by atoms with Crippen molar-refractivity contribution >= 4 is 11.9 Å². The van der Waals surface area contributed by atoms with Crippen LogP contribution in [0.1, 0.15) is 39.5 Å². The molecule has 1 heterocycles. The topological polar surface area (TPSA) is 93.1 Å². The van der Waals surface area contributed by atoms with E-state index in [0.29, 0.717) is 19.3 Å². The summed E-state index contributed by atoms with van der Waals surface area (Å²) in [7, 11) is 0. The van der Waals surface area contributed by atoms with Crippen molar-refractivity contribution in [3.8, 4) is 0 Å². The first-order chi connectivity index (χ1) is 12.3. The first kappa shape index (κ1) is 20.4. The van der Waals surface area contributed by atoms with Gasteiger partial charge in [0.25, 0.3) is 0 Å². The average Bonchev–Trinajstić information content (AvgIpc) is 2.85. The van der Waals surface area contributed by atoms with E-state index in [9.17, 15) is 19.8 Å². The summed E-state index contributed by atoms with van der Waals surface area (Å²) in [6.45, 7) is 7.26. The van der Waals surface area contributed by atoms with Crippen LogP contribution in [0.5, 0.6) is 0 Å². The SMILES string of the molecule is C=C1C(=O)O[C@@H]2C[C@H](CO)CCC=C(CO)C[C@@H](OC(=O)C=C(C)C)[C@@H]12. The Labute approximate surface area is 154 Å². The van der Waals surface area contributed by atoms with E-state index in [4.69, 9.17) is 9.47 Å². The molecule has 0 saturated carbocycles. The lowest BCUT2D eigenvalue weighted by Crippen LogP contribution is -2.35. The van der Waals surface area contributed by atoms with E-state index in [2.05, 4.69) is 6.58 Å². The fourth-order valence-corrected chi connectivity index (χ4v) is 3.57. The molecule has 1 aliphatic carbocycles. The van der Waals surface area contributed by atoms with Crippen molar-refractivity contribution in [1.29, 1.82) is 0 Å². The number of carbonyl (C=O) groups is 2. The Hall–Kier alpha value is -1.92. The molecule has 1 fully saturated rings. The molecule has 6 nitrogen and oxygen atoms in total. The number of fused-ring (bicyclic) bond motifs is 1. The lowest BCUT2D eigenvalue weighted by Gasteiger charge is -2.30. The fraction of sp³-hybridized carbons (Fsp3) is 0.600. The third-order valence-corrected chi connectivity index (χ3v) is 4.90. The quantitative estimate of drug-likeness (QED) is 0.451. The van der Waals surface area contributed by atoms with Gasteiger partial charge < -0.3 is 19.7 Å². The third kappa shape index (κ3) is 5.05. The molecule has 4 atom stereocenters. The molecular weight excluding hydrogens is 336 g/mol. The highest BCUT2D eigenvalue weighted by Gasteiger charge is 2.45. The van der Waals surface area contributed by atoms with E-state index < -0.39 is 30.1 Å². The summed E-state index contributed by atoms with van der Waals surface area (Å²) in [6, 6.07) is 0. The van der Waals surface area contributed by atoms with Crippen molar-refractivity contribution < 1.29 is 29.3 Å². The van der Waals surface area contributed by atoms with Gasteiger partial charge in [0, 0.05) is 24.7 Å². The van der Waals surface area contributed by atoms with E-state index in [0.717, 1.165) is 17.6 Å². The Kier molecular flexibility index (Phi) is 7.17. The van der Waals surface area contributed by atoms with Crippen LogP contribution in [0.3, 0.4) is 0 Å². The monoisotopic (exact) mass is 364 g/mol. The summed E-state index contributed by atoms with van der Waals surface area (Å²) in [5.74, 6) is -1.51. The van der Waals surface area contributed by atoms with Crippen LogP contribution in [0.15, 0.2) is 35.5 Å². The van der Waals surface area contributed by atoms with Gasteiger partial charge in [-0.05, 0) is 44.6 Å². The van der Waals surface area contributed by atoms with Crippen LogP contribution in [0.25, 0.3) is 0 Å². The van der Waals surface area contributed by atoms with Crippen LogP contribution in [0, 0.1) is 11.8 Å². The number of hydrogen-bond donors (Lipinski definition) is 2. The van der Waals surface area contributed by atoms with Crippen molar-refractivity contribution in [2.24, 2.45) is 11.8 Å². The molecule has 0 aromatic heterocycles. The minimum Gasteiger partial charge on any atom is -0.458 e. The summed E-state index contributed by atoms with van der Waals surface area (Å²) in [6.07, 6.45) is 4.41. The molecule has 0 unspecified atom stereocenters. The Morgan fingerprint density at radius 3 is 2.77 bits per heavy atom. The second-order valence-electron chi connectivity index (χ2n) is 7.28. The lowest BCUT2D eigenvalue weighted by molar-refractivity contribution is -0.147. The van der Waals surface area contributed by atoms with E-state index in [1.807, 2.05) is 6.08 Å². The van der Waals surface area contributed by atoms with Crippen molar-refractivity contribution in [2.45, 2.75) is 51.7 Å². The van der Waals surface area contributed by atoms with Gasteiger partial charge in [-0.3, -0.25) is 0 Å². The molecule has 0 amide bonds. The van der Waals surface area contributed by atoms with Crippen molar-refractivity contribution in [1.82, 2.24) is 0 Å². The summed E-state index contributed by atoms with van der Waals surface area (Å²) in [4.78, 5) is 24.3.